The average molecular weight is 663 g/mol. The third-order valence-corrected chi connectivity index (χ3v) is 9.86. The molecule has 0 amide bonds. The Morgan fingerprint density at radius 1 is 0.308 bits per heavy atom. The summed E-state index contributed by atoms with van der Waals surface area (Å²) in [6, 6.07) is 63.2. The van der Waals surface area contributed by atoms with Gasteiger partial charge in [-0.25, -0.2) is 19.9 Å². The van der Waals surface area contributed by atoms with Gasteiger partial charge in [0.15, 0.2) is 5.82 Å². The summed E-state index contributed by atoms with van der Waals surface area (Å²) in [5.74, 6) is 0.706. The van der Waals surface area contributed by atoms with E-state index in [-0.39, 0.29) is 0 Å². The van der Waals surface area contributed by atoms with Gasteiger partial charge in [-0.2, -0.15) is 0 Å². The van der Waals surface area contributed by atoms with Crippen LogP contribution in [0.4, 0.5) is 0 Å². The van der Waals surface area contributed by atoms with Crippen molar-refractivity contribution in [2.24, 2.45) is 0 Å². The van der Waals surface area contributed by atoms with Crippen molar-refractivity contribution in [1.82, 2.24) is 19.9 Å². The van der Waals surface area contributed by atoms with Crippen molar-refractivity contribution in [3.63, 3.8) is 0 Å². The van der Waals surface area contributed by atoms with E-state index >= 15 is 0 Å². The molecule has 0 radical (unpaired) electrons. The molecule has 52 heavy (non-hydrogen) atoms. The number of hydrogen-bond donors (Lipinski definition) is 0. The summed E-state index contributed by atoms with van der Waals surface area (Å²) in [6.45, 7) is 0. The molecule has 0 bridgehead atoms. The number of hydrogen-bond acceptors (Lipinski definition) is 4. The molecule has 0 fully saturated rings. The first-order chi connectivity index (χ1) is 25.8. The lowest BCUT2D eigenvalue weighted by atomic mass is 9.95. The first-order valence-electron chi connectivity index (χ1n) is 17.5. The van der Waals surface area contributed by atoms with Crippen molar-refractivity contribution in [2.75, 3.05) is 0 Å². The molecule has 3 heterocycles. The summed E-state index contributed by atoms with van der Waals surface area (Å²) in [4.78, 5) is 20.7. The Morgan fingerprint density at radius 2 is 0.904 bits per heavy atom. The first-order valence-corrected chi connectivity index (χ1v) is 17.5. The smallest absolute Gasteiger partial charge is 0.160 e. The molecule has 0 saturated heterocycles. The van der Waals surface area contributed by atoms with Crippen LogP contribution < -0.4 is 0 Å². The van der Waals surface area contributed by atoms with Gasteiger partial charge >= 0.3 is 0 Å². The fraction of sp³-hybridized carbons (Fsp3) is 0. The second-order valence-electron chi connectivity index (χ2n) is 13.0. The molecule has 0 aliphatic rings. The zero-order valence-electron chi connectivity index (χ0n) is 28.1. The van der Waals surface area contributed by atoms with Crippen molar-refractivity contribution in [1.29, 1.82) is 0 Å². The molecule has 0 spiro atoms. The second-order valence-corrected chi connectivity index (χ2v) is 13.0. The molecular weight excluding hydrogens is 633 g/mol. The standard InChI is InChI=1S/C48H30N4/c1-3-12-32(13-4-1)41-29-27-35-26-28-39-38-18-7-9-20-42(38)50-47(44(39)46(35)49-41)34-24-22-31(23-25-34)36-16-11-17-37(30-36)48-51-43-21-10-8-19-40(43)45(52-48)33-14-5-2-6-15-33/h1-30H. The minimum Gasteiger partial charge on any atom is -0.247 e. The van der Waals surface area contributed by atoms with Crippen molar-refractivity contribution in [3.8, 4) is 56.3 Å². The number of pyridine rings is 2. The normalized spacial score (nSPS) is 11.5. The van der Waals surface area contributed by atoms with E-state index in [1.807, 2.05) is 36.4 Å². The van der Waals surface area contributed by atoms with Crippen molar-refractivity contribution in [2.45, 2.75) is 0 Å². The Bertz CT molecular complexity index is 2940. The van der Waals surface area contributed by atoms with E-state index in [1.165, 1.54) is 0 Å². The van der Waals surface area contributed by atoms with Gasteiger partial charge in [-0.1, -0.05) is 158 Å². The lowest BCUT2D eigenvalue weighted by molar-refractivity contribution is 1.23. The van der Waals surface area contributed by atoms with Gasteiger partial charge in [-0.3, -0.25) is 0 Å². The van der Waals surface area contributed by atoms with Gasteiger partial charge in [-0.05, 0) is 40.8 Å². The summed E-state index contributed by atoms with van der Waals surface area (Å²) in [5, 5.41) is 5.46. The topological polar surface area (TPSA) is 51.6 Å². The minimum atomic E-state index is 0.706. The van der Waals surface area contributed by atoms with Gasteiger partial charge in [0.2, 0.25) is 0 Å². The number of rotatable bonds is 5. The second kappa shape index (κ2) is 12.4. The molecule has 4 nitrogen and oxygen atoms in total. The monoisotopic (exact) mass is 662 g/mol. The van der Waals surface area contributed by atoms with Crippen LogP contribution in [-0.4, -0.2) is 19.9 Å². The average Bonchev–Trinajstić information content (AvgIpc) is 3.23. The summed E-state index contributed by atoms with van der Waals surface area (Å²) in [6.07, 6.45) is 0. The van der Waals surface area contributed by atoms with Crippen LogP contribution in [0.2, 0.25) is 0 Å². The number of nitrogens with zero attached hydrogens (tertiary/aromatic N) is 4. The Labute approximate surface area is 300 Å². The Morgan fingerprint density at radius 3 is 1.69 bits per heavy atom. The van der Waals surface area contributed by atoms with Gasteiger partial charge in [0.25, 0.3) is 0 Å². The molecule has 4 heteroatoms. The zero-order valence-corrected chi connectivity index (χ0v) is 28.1. The van der Waals surface area contributed by atoms with Crippen LogP contribution in [0.1, 0.15) is 0 Å². The highest BCUT2D eigenvalue weighted by atomic mass is 14.9. The predicted molar refractivity (Wildman–Crippen MR) is 215 cm³/mol. The molecule has 3 aromatic heterocycles. The van der Waals surface area contributed by atoms with E-state index in [0.29, 0.717) is 5.82 Å². The maximum absolute atomic E-state index is 5.28. The maximum Gasteiger partial charge on any atom is 0.160 e. The van der Waals surface area contributed by atoms with E-state index in [1.54, 1.807) is 0 Å². The molecule has 10 aromatic rings. The predicted octanol–water partition coefficient (Wildman–Crippen LogP) is 12.2. The lowest BCUT2D eigenvalue weighted by Gasteiger charge is -2.14. The van der Waals surface area contributed by atoms with E-state index in [9.17, 15) is 0 Å². The molecule has 0 atom stereocenters. The number of para-hydroxylation sites is 2. The fourth-order valence-electron chi connectivity index (χ4n) is 7.29. The highest BCUT2D eigenvalue weighted by molar-refractivity contribution is 6.20. The van der Waals surface area contributed by atoms with Gasteiger partial charge in [0, 0.05) is 43.8 Å². The lowest BCUT2D eigenvalue weighted by Crippen LogP contribution is -1.95. The van der Waals surface area contributed by atoms with Crippen LogP contribution in [0, 0.1) is 0 Å². The third kappa shape index (κ3) is 5.17. The number of benzene rings is 7. The minimum absolute atomic E-state index is 0.706. The Kier molecular flexibility index (Phi) is 7.10. The van der Waals surface area contributed by atoms with E-state index in [2.05, 4.69) is 146 Å². The van der Waals surface area contributed by atoms with E-state index in [0.717, 1.165) is 93.9 Å². The SMILES string of the molecule is c1ccc(-c2ccc3ccc4c5ccccc5nc(-c5ccc(-c6cccc(-c7nc(-c8ccccc8)c8ccccc8n7)c6)cc5)c4c3n2)cc1. The van der Waals surface area contributed by atoms with Crippen LogP contribution in [0.25, 0.3) is 99.8 Å². The molecule has 0 saturated carbocycles. The van der Waals surface area contributed by atoms with Crippen LogP contribution >= 0.6 is 0 Å². The quantitative estimate of drug-likeness (QED) is 0.172. The van der Waals surface area contributed by atoms with Crippen LogP contribution in [-0.2, 0) is 0 Å². The molecule has 0 aliphatic heterocycles. The number of fused-ring (bicyclic) bond motifs is 6. The summed E-state index contributed by atoms with van der Waals surface area (Å²) < 4.78 is 0. The van der Waals surface area contributed by atoms with Gasteiger partial charge in [0.1, 0.15) is 0 Å². The Balaban J connectivity index is 1.09. The van der Waals surface area contributed by atoms with Gasteiger partial charge in [0.05, 0.1) is 33.6 Å². The van der Waals surface area contributed by atoms with Crippen LogP contribution in [0.5, 0.6) is 0 Å². The molecule has 7 aromatic carbocycles. The highest BCUT2D eigenvalue weighted by Crippen LogP contribution is 2.38. The zero-order chi connectivity index (χ0) is 34.4. The van der Waals surface area contributed by atoms with Gasteiger partial charge in [-0.15, -0.1) is 0 Å². The molecule has 0 N–H and O–H groups in total. The van der Waals surface area contributed by atoms with Crippen LogP contribution in [0.15, 0.2) is 182 Å². The molecule has 0 unspecified atom stereocenters. The summed E-state index contributed by atoms with van der Waals surface area (Å²) in [5.41, 5.74) is 12.0. The van der Waals surface area contributed by atoms with E-state index < -0.39 is 0 Å². The first kappa shape index (κ1) is 29.8. The van der Waals surface area contributed by atoms with E-state index in [4.69, 9.17) is 19.9 Å². The third-order valence-electron chi connectivity index (χ3n) is 9.86. The van der Waals surface area contributed by atoms with Crippen LogP contribution in [0.3, 0.4) is 0 Å². The fourth-order valence-corrected chi connectivity index (χ4v) is 7.29. The maximum atomic E-state index is 5.28. The Hall–Kier alpha value is -7.04. The van der Waals surface area contributed by atoms with Gasteiger partial charge < -0.3 is 0 Å². The largest absolute Gasteiger partial charge is 0.247 e. The van der Waals surface area contributed by atoms with Crippen molar-refractivity contribution in [3.05, 3.63) is 182 Å². The van der Waals surface area contributed by atoms with Crippen molar-refractivity contribution < 1.29 is 0 Å². The molecular formula is C48H30N4. The highest BCUT2D eigenvalue weighted by Gasteiger charge is 2.16. The number of aromatic nitrogens is 4. The molecule has 10 rings (SSSR count). The molecule has 242 valence electrons. The molecule has 0 aliphatic carbocycles. The summed E-state index contributed by atoms with van der Waals surface area (Å²) in [7, 11) is 0. The van der Waals surface area contributed by atoms with Crippen molar-refractivity contribution >= 4 is 43.5 Å². The summed E-state index contributed by atoms with van der Waals surface area (Å²) >= 11 is 0.